The lowest BCUT2D eigenvalue weighted by Crippen LogP contribution is -2.46. The summed E-state index contributed by atoms with van der Waals surface area (Å²) in [5, 5.41) is 6.61. The molecule has 1 rings (SSSR count). The first kappa shape index (κ1) is 25.3. The third-order valence-corrected chi connectivity index (χ3v) is 9.95. The Hall–Kier alpha value is -1.69. The number of carbonyl (C=O) groups is 1. The molecule has 0 aliphatic carbocycles. The van der Waals surface area contributed by atoms with Crippen molar-refractivity contribution in [1.82, 2.24) is 5.32 Å². The minimum absolute atomic E-state index is 0.0157. The lowest BCUT2D eigenvalue weighted by molar-refractivity contribution is 0.0491. The van der Waals surface area contributed by atoms with E-state index in [4.69, 9.17) is 9.16 Å². The van der Waals surface area contributed by atoms with Crippen LogP contribution in [0.3, 0.4) is 0 Å². The Morgan fingerprint density at radius 2 is 1.62 bits per heavy atom. The summed E-state index contributed by atoms with van der Waals surface area (Å²) in [5.41, 5.74) is 0.504. The standard InChI is InChI=1S/C23H42N2O3Si/c1-11-17(2)20(25-21(26)27-22(3,4)5)16-24-18-12-14-19(15-13-18)28-29(9,10)23(6,7)8/h12-15,17,20,24H,11,16H2,1-10H3,(H,25,26)/t17-,20+/m0/s1. The molecule has 0 spiro atoms. The van der Waals surface area contributed by atoms with Crippen LogP contribution < -0.4 is 15.1 Å². The summed E-state index contributed by atoms with van der Waals surface area (Å²) in [6.07, 6.45) is 0.601. The van der Waals surface area contributed by atoms with E-state index < -0.39 is 13.9 Å². The number of nitrogens with one attached hydrogen (secondary N) is 2. The van der Waals surface area contributed by atoms with Gasteiger partial charge in [0.2, 0.25) is 8.32 Å². The van der Waals surface area contributed by atoms with Crippen molar-refractivity contribution in [3.05, 3.63) is 24.3 Å². The molecule has 0 radical (unpaired) electrons. The summed E-state index contributed by atoms with van der Waals surface area (Å²) in [4.78, 5) is 12.2. The monoisotopic (exact) mass is 422 g/mol. The summed E-state index contributed by atoms with van der Waals surface area (Å²) in [7, 11) is -1.84. The van der Waals surface area contributed by atoms with Crippen LogP contribution in [0, 0.1) is 5.92 Å². The highest BCUT2D eigenvalue weighted by atomic mass is 28.4. The van der Waals surface area contributed by atoms with Crippen LogP contribution in [0.5, 0.6) is 5.75 Å². The number of hydrogen-bond acceptors (Lipinski definition) is 4. The number of ether oxygens (including phenoxy) is 1. The van der Waals surface area contributed by atoms with Crippen LogP contribution in [0.2, 0.25) is 18.1 Å². The number of anilines is 1. The van der Waals surface area contributed by atoms with Crippen LogP contribution in [0.1, 0.15) is 61.8 Å². The van der Waals surface area contributed by atoms with Crippen LogP contribution in [-0.4, -0.2) is 32.6 Å². The topological polar surface area (TPSA) is 59.6 Å². The van der Waals surface area contributed by atoms with Gasteiger partial charge in [-0.3, -0.25) is 0 Å². The molecular formula is C23H42N2O3Si. The Morgan fingerprint density at radius 3 is 2.07 bits per heavy atom. The first-order valence-electron chi connectivity index (χ1n) is 10.7. The maximum Gasteiger partial charge on any atom is 0.407 e. The number of alkyl carbamates (subject to hydrolysis) is 1. The van der Waals surface area contributed by atoms with Crippen molar-refractivity contribution in [2.75, 3.05) is 11.9 Å². The fraction of sp³-hybridized carbons (Fsp3) is 0.696. The van der Waals surface area contributed by atoms with E-state index >= 15 is 0 Å². The van der Waals surface area contributed by atoms with Gasteiger partial charge in [-0.2, -0.15) is 0 Å². The largest absolute Gasteiger partial charge is 0.544 e. The van der Waals surface area contributed by atoms with Crippen LogP contribution in [0.15, 0.2) is 24.3 Å². The van der Waals surface area contributed by atoms with Crippen LogP contribution in [0.25, 0.3) is 0 Å². The number of hydrogen-bond donors (Lipinski definition) is 2. The molecule has 29 heavy (non-hydrogen) atoms. The summed E-state index contributed by atoms with van der Waals surface area (Å²) in [6.45, 7) is 21.7. The molecule has 2 atom stereocenters. The highest BCUT2D eigenvalue weighted by molar-refractivity contribution is 6.74. The normalized spacial score (nSPS) is 14.7. The minimum Gasteiger partial charge on any atom is -0.544 e. The second kappa shape index (κ2) is 9.87. The zero-order valence-electron chi connectivity index (χ0n) is 20.1. The second-order valence-electron chi connectivity index (χ2n) is 10.4. The highest BCUT2D eigenvalue weighted by Crippen LogP contribution is 2.37. The van der Waals surface area contributed by atoms with Gasteiger partial charge in [0.1, 0.15) is 11.4 Å². The smallest absolute Gasteiger partial charge is 0.407 e. The van der Waals surface area contributed by atoms with Crippen LogP contribution >= 0.6 is 0 Å². The third kappa shape index (κ3) is 8.68. The number of benzene rings is 1. The van der Waals surface area contributed by atoms with Gasteiger partial charge in [-0.05, 0) is 69.1 Å². The molecule has 0 aromatic heterocycles. The van der Waals surface area contributed by atoms with E-state index in [1.54, 1.807) is 0 Å². The molecular weight excluding hydrogens is 380 g/mol. The Balaban J connectivity index is 2.72. The fourth-order valence-corrected chi connectivity index (χ4v) is 3.49. The molecule has 0 saturated heterocycles. The Morgan fingerprint density at radius 1 is 1.07 bits per heavy atom. The molecule has 0 saturated carbocycles. The van der Waals surface area contributed by atoms with Gasteiger partial charge in [-0.15, -0.1) is 0 Å². The molecule has 0 unspecified atom stereocenters. The highest BCUT2D eigenvalue weighted by Gasteiger charge is 2.38. The molecule has 1 aromatic carbocycles. The third-order valence-electron chi connectivity index (χ3n) is 5.59. The van der Waals surface area contributed by atoms with E-state index in [-0.39, 0.29) is 17.2 Å². The summed E-state index contributed by atoms with van der Waals surface area (Å²) < 4.78 is 11.8. The Bertz CT molecular complexity index is 646. The maximum absolute atomic E-state index is 12.2. The van der Waals surface area contributed by atoms with E-state index in [9.17, 15) is 4.79 Å². The lowest BCUT2D eigenvalue weighted by Gasteiger charge is -2.36. The Kier molecular flexibility index (Phi) is 8.63. The molecule has 0 heterocycles. The molecule has 0 aliphatic heterocycles. The summed E-state index contributed by atoms with van der Waals surface area (Å²) in [5.74, 6) is 1.24. The van der Waals surface area contributed by atoms with Gasteiger partial charge in [-0.1, -0.05) is 41.0 Å². The number of carbonyl (C=O) groups excluding carboxylic acids is 1. The van der Waals surface area contributed by atoms with Gasteiger partial charge in [-0.25, -0.2) is 4.79 Å². The van der Waals surface area contributed by atoms with Crippen molar-refractivity contribution in [2.45, 2.75) is 91.6 Å². The molecule has 166 valence electrons. The van der Waals surface area contributed by atoms with E-state index in [2.05, 4.69) is 58.3 Å². The summed E-state index contributed by atoms with van der Waals surface area (Å²) >= 11 is 0. The van der Waals surface area contributed by atoms with Crippen molar-refractivity contribution in [1.29, 1.82) is 0 Å². The van der Waals surface area contributed by atoms with Gasteiger partial charge in [0, 0.05) is 12.2 Å². The first-order valence-corrected chi connectivity index (χ1v) is 13.6. The zero-order chi connectivity index (χ0) is 22.5. The molecule has 1 aromatic rings. The summed E-state index contributed by atoms with van der Waals surface area (Å²) in [6, 6.07) is 8.08. The predicted octanol–water partition coefficient (Wildman–Crippen LogP) is 6.42. The first-order chi connectivity index (χ1) is 13.1. The van der Waals surface area contributed by atoms with Crippen LogP contribution in [0.4, 0.5) is 10.5 Å². The number of amides is 1. The molecule has 0 fully saturated rings. The van der Waals surface area contributed by atoms with Gasteiger partial charge >= 0.3 is 6.09 Å². The molecule has 0 aliphatic rings. The molecule has 1 amide bonds. The van der Waals surface area contributed by atoms with Crippen LogP contribution in [-0.2, 0) is 4.74 Å². The van der Waals surface area contributed by atoms with E-state index in [0.29, 0.717) is 12.5 Å². The fourth-order valence-electron chi connectivity index (χ4n) is 2.45. The van der Waals surface area contributed by atoms with Crippen molar-refractivity contribution in [3.8, 4) is 5.75 Å². The van der Waals surface area contributed by atoms with Crippen molar-refractivity contribution in [2.24, 2.45) is 5.92 Å². The second-order valence-corrected chi connectivity index (χ2v) is 15.1. The van der Waals surface area contributed by atoms with E-state index in [1.165, 1.54) is 0 Å². The lowest BCUT2D eigenvalue weighted by atomic mass is 9.99. The molecule has 5 nitrogen and oxygen atoms in total. The van der Waals surface area contributed by atoms with Gasteiger partial charge < -0.3 is 19.8 Å². The SMILES string of the molecule is CC[C@H](C)[C@@H](CNc1ccc(O[Si](C)(C)C(C)(C)C)cc1)NC(=O)OC(C)(C)C. The van der Waals surface area contributed by atoms with Crippen molar-refractivity contribution in [3.63, 3.8) is 0 Å². The average molecular weight is 423 g/mol. The van der Waals surface area contributed by atoms with Crippen molar-refractivity contribution >= 4 is 20.1 Å². The van der Waals surface area contributed by atoms with Gasteiger partial charge in [0.25, 0.3) is 0 Å². The van der Waals surface area contributed by atoms with E-state index in [0.717, 1.165) is 17.9 Å². The Labute approximate surface area is 179 Å². The molecule has 6 heteroatoms. The van der Waals surface area contributed by atoms with Crippen molar-refractivity contribution < 1.29 is 14.0 Å². The van der Waals surface area contributed by atoms with Gasteiger partial charge in [0.15, 0.2) is 0 Å². The quantitative estimate of drug-likeness (QED) is 0.474. The molecule has 2 N–H and O–H groups in total. The predicted molar refractivity (Wildman–Crippen MR) is 125 cm³/mol. The zero-order valence-corrected chi connectivity index (χ0v) is 21.1. The minimum atomic E-state index is -1.84. The van der Waals surface area contributed by atoms with E-state index in [1.807, 2.05) is 45.0 Å². The average Bonchev–Trinajstić information content (AvgIpc) is 2.56. The van der Waals surface area contributed by atoms with Gasteiger partial charge in [0.05, 0.1) is 6.04 Å². The molecule has 0 bridgehead atoms. The number of rotatable bonds is 8. The maximum atomic E-state index is 12.2.